The summed E-state index contributed by atoms with van der Waals surface area (Å²) >= 11 is 7.14. The van der Waals surface area contributed by atoms with Crippen molar-refractivity contribution in [3.8, 4) is 0 Å². The van der Waals surface area contributed by atoms with Gasteiger partial charge in [0.15, 0.2) is 0 Å². The van der Waals surface area contributed by atoms with Crippen LogP contribution in [0.2, 0.25) is 5.02 Å². The van der Waals surface area contributed by atoms with Crippen LogP contribution in [-0.4, -0.2) is 16.0 Å². The first-order valence-electron chi connectivity index (χ1n) is 5.43. The average molecular weight is 310 g/mol. The van der Waals surface area contributed by atoms with Crippen LogP contribution in [0.15, 0.2) is 52.3 Å². The van der Waals surface area contributed by atoms with Crippen molar-refractivity contribution >= 4 is 35.0 Å². The second-order valence-corrected chi connectivity index (χ2v) is 5.27. The molecule has 0 saturated heterocycles. The number of nitrogens with zero attached hydrogens (tertiary/aromatic N) is 1. The molecule has 20 heavy (non-hydrogen) atoms. The number of hydrogen-bond acceptors (Lipinski definition) is 4. The molecule has 0 amide bonds. The minimum Gasteiger partial charge on any atom is -0.478 e. The number of nitro groups is 1. The molecule has 2 rings (SSSR count). The molecular formula is C13H8ClNO4S. The van der Waals surface area contributed by atoms with E-state index < -0.39 is 10.9 Å². The minimum atomic E-state index is -1.04. The Balaban J connectivity index is 2.36. The van der Waals surface area contributed by atoms with Crippen molar-refractivity contribution in [2.24, 2.45) is 0 Å². The number of carboxylic acid groups (broad SMARTS) is 1. The SMILES string of the molecule is O=C(O)c1ccccc1Sc1ccc([N+](=O)[O-])cc1Cl. The molecule has 2 aromatic rings. The summed E-state index contributed by atoms with van der Waals surface area (Å²) in [5.74, 6) is -1.04. The number of carbonyl (C=O) groups is 1. The van der Waals surface area contributed by atoms with Gasteiger partial charge in [0.2, 0.25) is 0 Å². The van der Waals surface area contributed by atoms with E-state index in [1.807, 2.05) is 0 Å². The zero-order chi connectivity index (χ0) is 14.7. The van der Waals surface area contributed by atoms with Crippen molar-refractivity contribution in [3.63, 3.8) is 0 Å². The van der Waals surface area contributed by atoms with Crippen molar-refractivity contribution in [2.45, 2.75) is 9.79 Å². The van der Waals surface area contributed by atoms with Crippen molar-refractivity contribution in [1.82, 2.24) is 0 Å². The summed E-state index contributed by atoms with van der Waals surface area (Å²) < 4.78 is 0. The zero-order valence-corrected chi connectivity index (χ0v) is 11.5. The summed E-state index contributed by atoms with van der Waals surface area (Å²) in [6, 6.07) is 10.6. The number of non-ortho nitro benzene ring substituents is 1. The molecule has 7 heteroatoms. The highest BCUT2D eigenvalue weighted by Crippen LogP contribution is 2.36. The molecule has 0 atom stereocenters. The number of halogens is 1. The summed E-state index contributed by atoms with van der Waals surface area (Å²) in [5, 5.41) is 19.9. The van der Waals surface area contributed by atoms with Crippen molar-refractivity contribution in [1.29, 1.82) is 0 Å². The molecule has 0 heterocycles. The third kappa shape index (κ3) is 3.09. The summed E-state index contributed by atoms with van der Waals surface area (Å²) in [5.41, 5.74) is 0.0535. The predicted molar refractivity (Wildman–Crippen MR) is 75.6 cm³/mol. The lowest BCUT2D eigenvalue weighted by Crippen LogP contribution is -1.98. The van der Waals surface area contributed by atoms with Crippen LogP contribution in [0.1, 0.15) is 10.4 Å². The fourth-order valence-electron chi connectivity index (χ4n) is 1.54. The minimum absolute atomic E-state index is 0.106. The van der Waals surface area contributed by atoms with Crippen LogP contribution in [0, 0.1) is 10.1 Å². The van der Waals surface area contributed by atoms with Crippen molar-refractivity contribution < 1.29 is 14.8 Å². The van der Waals surface area contributed by atoms with Crippen LogP contribution in [0.5, 0.6) is 0 Å². The van der Waals surface area contributed by atoms with Crippen LogP contribution in [0.3, 0.4) is 0 Å². The van der Waals surface area contributed by atoms with E-state index in [0.717, 1.165) is 11.8 Å². The maximum atomic E-state index is 11.1. The van der Waals surface area contributed by atoms with E-state index in [1.165, 1.54) is 24.3 Å². The van der Waals surface area contributed by atoms with Gasteiger partial charge in [-0.25, -0.2) is 4.79 Å². The Bertz CT molecular complexity index is 690. The van der Waals surface area contributed by atoms with E-state index in [9.17, 15) is 14.9 Å². The lowest BCUT2D eigenvalue weighted by atomic mass is 10.2. The van der Waals surface area contributed by atoms with E-state index in [-0.39, 0.29) is 16.3 Å². The highest BCUT2D eigenvalue weighted by molar-refractivity contribution is 7.99. The maximum Gasteiger partial charge on any atom is 0.336 e. The second kappa shape index (κ2) is 5.94. The van der Waals surface area contributed by atoms with Gasteiger partial charge in [-0.15, -0.1) is 0 Å². The zero-order valence-electron chi connectivity index (χ0n) is 9.95. The highest BCUT2D eigenvalue weighted by Gasteiger charge is 2.14. The standard InChI is InChI=1S/C13H8ClNO4S/c14-10-7-8(15(18)19)5-6-12(10)20-11-4-2-1-3-9(11)13(16)17/h1-7H,(H,16,17). The van der Waals surface area contributed by atoms with Gasteiger partial charge >= 0.3 is 5.97 Å². The molecule has 0 aliphatic heterocycles. The normalized spacial score (nSPS) is 10.2. The van der Waals surface area contributed by atoms with Gasteiger partial charge in [-0.1, -0.05) is 35.5 Å². The average Bonchev–Trinajstić information content (AvgIpc) is 2.41. The van der Waals surface area contributed by atoms with E-state index >= 15 is 0 Å². The Morgan fingerprint density at radius 3 is 2.50 bits per heavy atom. The van der Waals surface area contributed by atoms with Gasteiger partial charge in [0.05, 0.1) is 15.5 Å². The summed E-state index contributed by atoms with van der Waals surface area (Å²) in [6.07, 6.45) is 0. The molecule has 0 aliphatic carbocycles. The van der Waals surface area contributed by atoms with Gasteiger partial charge in [-0.2, -0.15) is 0 Å². The maximum absolute atomic E-state index is 11.1. The molecule has 0 unspecified atom stereocenters. The van der Waals surface area contributed by atoms with Gasteiger partial charge < -0.3 is 5.11 Å². The molecule has 5 nitrogen and oxygen atoms in total. The largest absolute Gasteiger partial charge is 0.478 e. The molecule has 0 fully saturated rings. The fraction of sp³-hybridized carbons (Fsp3) is 0. The Labute approximate surface area is 123 Å². The quantitative estimate of drug-likeness (QED) is 0.679. The molecule has 1 N–H and O–H groups in total. The van der Waals surface area contributed by atoms with Crippen molar-refractivity contribution in [3.05, 3.63) is 63.2 Å². The number of aromatic carboxylic acids is 1. The van der Waals surface area contributed by atoms with E-state index in [0.29, 0.717) is 9.79 Å². The van der Waals surface area contributed by atoms with E-state index in [4.69, 9.17) is 16.7 Å². The number of rotatable bonds is 4. The van der Waals surface area contributed by atoms with E-state index in [2.05, 4.69) is 0 Å². The Kier molecular flexibility index (Phi) is 4.26. The topological polar surface area (TPSA) is 80.4 Å². The second-order valence-electron chi connectivity index (χ2n) is 3.78. The first-order chi connectivity index (χ1) is 9.49. The molecule has 0 spiro atoms. The van der Waals surface area contributed by atoms with Crippen LogP contribution in [0.25, 0.3) is 0 Å². The Morgan fingerprint density at radius 2 is 1.90 bits per heavy atom. The Morgan fingerprint density at radius 1 is 1.20 bits per heavy atom. The summed E-state index contributed by atoms with van der Waals surface area (Å²) in [4.78, 5) is 22.3. The first kappa shape index (κ1) is 14.4. The third-order valence-electron chi connectivity index (χ3n) is 2.46. The number of hydrogen-bond donors (Lipinski definition) is 1. The lowest BCUT2D eigenvalue weighted by Gasteiger charge is -2.07. The number of nitro benzene ring substituents is 1. The molecule has 0 saturated carbocycles. The molecular weight excluding hydrogens is 302 g/mol. The summed E-state index contributed by atoms with van der Waals surface area (Å²) in [7, 11) is 0. The first-order valence-corrected chi connectivity index (χ1v) is 6.62. The monoisotopic (exact) mass is 309 g/mol. The highest BCUT2D eigenvalue weighted by atomic mass is 35.5. The van der Waals surface area contributed by atoms with Gasteiger partial charge in [0, 0.05) is 21.9 Å². The van der Waals surface area contributed by atoms with E-state index in [1.54, 1.807) is 18.2 Å². The third-order valence-corrected chi connectivity index (χ3v) is 4.04. The van der Waals surface area contributed by atoms with Gasteiger partial charge in [0.25, 0.3) is 5.69 Å². The molecule has 102 valence electrons. The molecule has 0 aromatic heterocycles. The van der Waals surface area contributed by atoms with Crippen LogP contribution >= 0.6 is 23.4 Å². The molecule has 0 bridgehead atoms. The van der Waals surface area contributed by atoms with Crippen molar-refractivity contribution in [2.75, 3.05) is 0 Å². The van der Waals surface area contributed by atoms with Crippen LogP contribution < -0.4 is 0 Å². The van der Waals surface area contributed by atoms with Crippen LogP contribution in [-0.2, 0) is 0 Å². The van der Waals surface area contributed by atoms with Gasteiger partial charge in [0.1, 0.15) is 0 Å². The number of carboxylic acids is 1. The van der Waals surface area contributed by atoms with Gasteiger partial charge in [-0.05, 0) is 18.2 Å². The molecule has 0 aliphatic rings. The smallest absolute Gasteiger partial charge is 0.336 e. The summed E-state index contributed by atoms with van der Waals surface area (Å²) in [6.45, 7) is 0. The molecule has 0 radical (unpaired) electrons. The fourth-order valence-corrected chi connectivity index (χ4v) is 2.77. The van der Waals surface area contributed by atoms with Crippen LogP contribution in [0.4, 0.5) is 5.69 Å². The Hall–Kier alpha value is -2.05. The molecule has 2 aromatic carbocycles. The number of benzene rings is 2. The lowest BCUT2D eigenvalue weighted by molar-refractivity contribution is -0.384. The predicted octanol–water partition coefficient (Wildman–Crippen LogP) is 4.10. The van der Waals surface area contributed by atoms with Gasteiger partial charge in [-0.3, -0.25) is 10.1 Å².